The highest BCUT2D eigenvalue weighted by molar-refractivity contribution is 6.04. The second-order valence-electron chi connectivity index (χ2n) is 11.2. The smallest absolute Gasteiger partial charge is 0.416 e. The molecule has 2 aliphatic rings. The van der Waals surface area contributed by atoms with E-state index in [1.807, 2.05) is 23.6 Å². The van der Waals surface area contributed by atoms with E-state index in [1.165, 1.54) is 12.1 Å². The van der Waals surface area contributed by atoms with Crippen LogP contribution in [0.1, 0.15) is 79.4 Å². The van der Waals surface area contributed by atoms with Crippen LogP contribution in [0, 0.1) is 0 Å². The van der Waals surface area contributed by atoms with Crippen molar-refractivity contribution < 1.29 is 27.5 Å². The van der Waals surface area contributed by atoms with Crippen LogP contribution in [0.4, 0.5) is 23.9 Å². The van der Waals surface area contributed by atoms with E-state index in [0.29, 0.717) is 25.2 Å². The van der Waals surface area contributed by atoms with Crippen molar-refractivity contribution in [2.75, 3.05) is 38.1 Å². The molecule has 0 aliphatic carbocycles. The Labute approximate surface area is 243 Å². The summed E-state index contributed by atoms with van der Waals surface area (Å²) in [5, 5.41) is 2.82. The second-order valence-corrected chi connectivity index (χ2v) is 11.2. The highest BCUT2D eigenvalue weighted by Gasteiger charge is 2.32. The molecule has 1 aromatic heterocycles. The molecule has 1 N–H and O–H groups in total. The molecular weight excluding hydrogens is 547 g/mol. The number of hydrogen-bond acceptors (Lipinski definition) is 5. The van der Waals surface area contributed by atoms with Gasteiger partial charge in [-0.15, -0.1) is 0 Å². The van der Waals surface area contributed by atoms with Crippen LogP contribution in [0.5, 0.6) is 0 Å². The number of carbonyl (C=O) groups is 2. The number of likely N-dealkylation sites (tertiary alicyclic amines) is 2. The molecule has 5 rings (SSSR count). The predicted octanol–water partition coefficient (Wildman–Crippen LogP) is 6.87. The summed E-state index contributed by atoms with van der Waals surface area (Å²) < 4.78 is 47.6. The minimum Gasteiger partial charge on any atom is -0.449 e. The summed E-state index contributed by atoms with van der Waals surface area (Å²) in [6.07, 6.45) is 1.50. The molecular formula is C31H38F3N5O3. The lowest BCUT2D eigenvalue weighted by molar-refractivity contribution is -0.137. The number of amides is 2. The highest BCUT2D eigenvalue weighted by atomic mass is 19.4. The van der Waals surface area contributed by atoms with Crippen molar-refractivity contribution in [1.82, 2.24) is 19.4 Å². The molecule has 11 heteroatoms. The van der Waals surface area contributed by atoms with E-state index in [9.17, 15) is 22.8 Å². The van der Waals surface area contributed by atoms with Gasteiger partial charge >= 0.3 is 12.3 Å². The number of carbonyl (C=O) groups excluding carboxylic acids is 2. The van der Waals surface area contributed by atoms with Crippen molar-refractivity contribution in [1.29, 1.82) is 0 Å². The molecule has 2 aliphatic heterocycles. The van der Waals surface area contributed by atoms with E-state index in [-0.39, 0.29) is 23.6 Å². The van der Waals surface area contributed by atoms with Crippen LogP contribution in [0.25, 0.3) is 11.0 Å². The number of anilines is 1. The van der Waals surface area contributed by atoms with E-state index in [1.54, 1.807) is 4.90 Å². The van der Waals surface area contributed by atoms with Gasteiger partial charge < -0.3 is 14.2 Å². The lowest BCUT2D eigenvalue weighted by Crippen LogP contribution is -2.36. The quantitative estimate of drug-likeness (QED) is 0.292. The minimum atomic E-state index is -4.57. The zero-order valence-electron chi connectivity index (χ0n) is 24.0. The van der Waals surface area contributed by atoms with Crippen LogP contribution in [0.15, 0.2) is 42.5 Å². The number of para-hydroxylation sites is 1. The SMILES string of the molecule is CCCCOC(=O)N1CCCCC(n2c(NC(=O)c3cccc(C(F)(F)F)c3)nc3cccc(CN4CCCC4)c32)C1. The summed E-state index contributed by atoms with van der Waals surface area (Å²) in [6.45, 7) is 6.08. The number of rotatable bonds is 8. The van der Waals surface area contributed by atoms with Gasteiger partial charge in [0.15, 0.2) is 0 Å². The number of ether oxygens (including phenoxy) is 1. The largest absolute Gasteiger partial charge is 0.449 e. The Kier molecular flexibility index (Phi) is 9.35. The fraction of sp³-hybridized carbons (Fsp3) is 0.516. The van der Waals surface area contributed by atoms with E-state index < -0.39 is 17.6 Å². The van der Waals surface area contributed by atoms with Crippen LogP contribution in [-0.4, -0.2) is 64.1 Å². The second kappa shape index (κ2) is 13.1. The van der Waals surface area contributed by atoms with Gasteiger partial charge in [-0.25, -0.2) is 9.78 Å². The number of benzene rings is 2. The first-order valence-electron chi connectivity index (χ1n) is 14.9. The first kappa shape index (κ1) is 29.9. The maximum absolute atomic E-state index is 13.4. The molecule has 2 saturated heterocycles. The normalized spacial score (nSPS) is 18.3. The Morgan fingerprint density at radius 3 is 2.57 bits per heavy atom. The third kappa shape index (κ3) is 6.88. The van der Waals surface area contributed by atoms with Gasteiger partial charge in [0.2, 0.25) is 5.95 Å². The van der Waals surface area contributed by atoms with Crippen LogP contribution >= 0.6 is 0 Å². The van der Waals surface area contributed by atoms with Crippen LogP contribution in [0.3, 0.4) is 0 Å². The number of aromatic nitrogens is 2. The average Bonchev–Trinajstić information content (AvgIpc) is 3.54. The number of imidazole rings is 1. The van der Waals surface area contributed by atoms with E-state index >= 15 is 0 Å². The number of unbranched alkanes of at least 4 members (excludes halogenated alkanes) is 1. The molecule has 0 saturated carbocycles. The van der Waals surface area contributed by atoms with Crippen LogP contribution in [-0.2, 0) is 17.5 Å². The molecule has 0 radical (unpaired) electrons. The van der Waals surface area contributed by atoms with Crippen LogP contribution < -0.4 is 5.32 Å². The topological polar surface area (TPSA) is 79.7 Å². The fourth-order valence-corrected chi connectivity index (χ4v) is 5.87. The number of nitrogens with zero attached hydrogens (tertiary/aromatic N) is 4. The summed E-state index contributed by atoms with van der Waals surface area (Å²) in [6, 6.07) is 10.0. The maximum Gasteiger partial charge on any atom is 0.416 e. The van der Waals surface area contributed by atoms with E-state index in [4.69, 9.17) is 9.72 Å². The van der Waals surface area contributed by atoms with Crippen molar-refractivity contribution >= 4 is 29.0 Å². The van der Waals surface area contributed by atoms with Gasteiger partial charge in [0.05, 0.1) is 29.2 Å². The first-order valence-corrected chi connectivity index (χ1v) is 14.9. The van der Waals surface area contributed by atoms with Crippen molar-refractivity contribution in [2.45, 2.75) is 70.6 Å². The van der Waals surface area contributed by atoms with Crippen molar-refractivity contribution in [3.8, 4) is 0 Å². The molecule has 8 nitrogen and oxygen atoms in total. The molecule has 3 heterocycles. The number of hydrogen-bond donors (Lipinski definition) is 1. The molecule has 2 fully saturated rings. The van der Waals surface area contributed by atoms with Gasteiger partial charge in [-0.1, -0.05) is 31.5 Å². The molecule has 0 bridgehead atoms. The van der Waals surface area contributed by atoms with Gasteiger partial charge in [0.1, 0.15) is 0 Å². The molecule has 226 valence electrons. The Hall–Kier alpha value is -3.60. The van der Waals surface area contributed by atoms with E-state index in [0.717, 1.165) is 87.8 Å². The maximum atomic E-state index is 13.4. The summed E-state index contributed by atoms with van der Waals surface area (Å²) >= 11 is 0. The van der Waals surface area contributed by atoms with Gasteiger partial charge in [0.25, 0.3) is 5.91 Å². The zero-order valence-corrected chi connectivity index (χ0v) is 24.0. The minimum absolute atomic E-state index is 0.109. The number of nitrogens with one attached hydrogen (secondary N) is 1. The van der Waals surface area contributed by atoms with Crippen molar-refractivity contribution in [3.05, 3.63) is 59.2 Å². The third-order valence-corrected chi connectivity index (χ3v) is 8.06. The Bertz CT molecular complexity index is 1400. The Morgan fingerprint density at radius 1 is 1.05 bits per heavy atom. The molecule has 1 atom stereocenters. The number of halogens is 3. The Morgan fingerprint density at radius 2 is 1.81 bits per heavy atom. The molecule has 3 aromatic rings. The van der Waals surface area contributed by atoms with Crippen molar-refractivity contribution in [2.24, 2.45) is 0 Å². The van der Waals surface area contributed by atoms with Crippen molar-refractivity contribution in [3.63, 3.8) is 0 Å². The Balaban J connectivity index is 1.52. The highest BCUT2D eigenvalue weighted by Crippen LogP contribution is 2.34. The molecule has 0 spiro atoms. The average molecular weight is 586 g/mol. The van der Waals surface area contributed by atoms with Gasteiger partial charge in [-0.05, 0) is 81.4 Å². The first-order chi connectivity index (χ1) is 20.2. The molecule has 2 aromatic carbocycles. The third-order valence-electron chi connectivity index (χ3n) is 8.06. The number of alkyl halides is 3. The van der Waals surface area contributed by atoms with Gasteiger partial charge in [-0.3, -0.25) is 15.0 Å². The molecule has 42 heavy (non-hydrogen) atoms. The zero-order chi connectivity index (χ0) is 29.7. The molecule has 1 unspecified atom stereocenters. The van der Waals surface area contributed by atoms with Gasteiger partial charge in [-0.2, -0.15) is 13.2 Å². The fourth-order valence-electron chi connectivity index (χ4n) is 5.87. The summed E-state index contributed by atoms with van der Waals surface area (Å²) in [5.74, 6) is -0.421. The predicted molar refractivity (Wildman–Crippen MR) is 154 cm³/mol. The lowest BCUT2D eigenvalue weighted by Gasteiger charge is -2.27. The molecule has 2 amide bonds. The summed E-state index contributed by atoms with van der Waals surface area (Å²) in [7, 11) is 0. The summed E-state index contributed by atoms with van der Waals surface area (Å²) in [4.78, 5) is 35.2. The number of fused-ring (bicyclic) bond motifs is 1. The van der Waals surface area contributed by atoms with E-state index in [2.05, 4.69) is 16.3 Å². The standard InChI is InChI=1S/C31H38F3N5O3/c1-2-3-18-42-30(41)38-17-5-4-13-25(21-38)39-27-23(20-37-15-6-7-16-37)11-9-14-26(27)35-29(39)36-28(40)22-10-8-12-24(19-22)31(32,33)34/h8-12,14,19,25H,2-7,13,15-18,20-21H2,1H3,(H,35,36,40). The van der Waals surface area contributed by atoms with Crippen LogP contribution in [0.2, 0.25) is 0 Å². The van der Waals surface area contributed by atoms with Gasteiger partial charge in [0, 0.05) is 25.2 Å². The summed E-state index contributed by atoms with van der Waals surface area (Å²) in [5.41, 5.74) is 1.62. The monoisotopic (exact) mass is 585 g/mol. The lowest BCUT2D eigenvalue weighted by atomic mass is 10.1.